The van der Waals surface area contributed by atoms with E-state index in [0.717, 1.165) is 18.4 Å². The van der Waals surface area contributed by atoms with E-state index in [1.54, 1.807) is 0 Å². The lowest BCUT2D eigenvalue weighted by molar-refractivity contribution is -0.103. The molecule has 0 aromatic carbocycles. The van der Waals surface area contributed by atoms with Crippen molar-refractivity contribution in [3.63, 3.8) is 0 Å². The lowest BCUT2D eigenvalue weighted by Crippen LogP contribution is -2.41. The maximum atomic E-state index is 6.64. The van der Waals surface area contributed by atoms with Gasteiger partial charge in [0.1, 0.15) is 0 Å². The Balaban J connectivity index is 1.92. The van der Waals surface area contributed by atoms with Gasteiger partial charge in [-0.25, -0.2) is 0 Å². The van der Waals surface area contributed by atoms with Crippen molar-refractivity contribution in [3.05, 3.63) is 0 Å². The van der Waals surface area contributed by atoms with Gasteiger partial charge in [0.2, 0.25) is 0 Å². The van der Waals surface area contributed by atoms with Crippen LogP contribution >= 0.6 is 0 Å². The van der Waals surface area contributed by atoms with E-state index >= 15 is 0 Å². The van der Waals surface area contributed by atoms with E-state index in [0.29, 0.717) is 18.1 Å². The molecule has 2 saturated carbocycles. The Hall–Kier alpha value is -0.0800. The molecular formula is C18H35NO. The average Bonchev–Trinajstić information content (AvgIpc) is 2.48. The van der Waals surface area contributed by atoms with Crippen molar-refractivity contribution in [3.8, 4) is 0 Å². The minimum atomic E-state index is 0.447. The van der Waals surface area contributed by atoms with Crippen LogP contribution in [0.1, 0.15) is 78.1 Å². The lowest BCUT2D eigenvalue weighted by atomic mass is 9.77. The second-order valence-electron chi connectivity index (χ2n) is 7.13. The predicted molar refractivity (Wildman–Crippen MR) is 85.7 cm³/mol. The van der Waals surface area contributed by atoms with Crippen molar-refractivity contribution in [1.29, 1.82) is 0 Å². The normalized spacial score (nSPS) is 38.9. The van der Waals surface area contributed by atoms with Gasteiger partial charge in [-0.15, -0.1) is 0 Å². The monoisotopic (exact) mass is 281 g/mol. The molecule has 0 spiro atoms. The average molecular weight is 281 g/mol. The molecule has 2 rings (SSSR count). The van der Waals surface area contributed by atoms with Crippen molar-refractivity contribution in [1.82, 2.24) is 0 Å². The summed E-state index contributed by atoms with van der Waals surface area (Å²) in [5.74, 6) is 2.30. The molecule has 0 aliphatic heterocycles. The molecule has 0 bridgehead atoms. The van der Waals surface area contributed by atoms with E-state index < -0.39 is 0 Å². The molecule has 2 heteroatoms. The lowest BCUT2D eigenvalue weighted by Gasteiger charge is -2.40. The molecule has 0 aromatic rings. The highest BCUT2D eigenvalue weighted by Gasteiger charge is 2.34. The second-order valence-corrected chi connectivity index (χ2v) is 7.13. The molecule has 118 valence electrons. The molecule has 0 aromatic heterocycles. The van der Waals surface area contributed by atoms with E-state index in [4.69, 9.17) is 10.5 Å². The Morgan fingerprint density at radius 3 is 2.45 bits per heavy atom. The van der Waals surface area contributed by atoms with Crippen molar-refractivity contribution in [2.45, 2.75) is 90.3 Å². The fraction of sp³-hybridized carbons (Fsp3) is 1.00. The number of rotatable bonds is 6. The van der Waals surface area contributed by atoms with Crippen LogP contribution in [-0.2, 0) is 4.74 Å². The van der Waals surface area contributed by atoms with Crippen LogP contribution in [0.15, 0.2) is 0 Å². The van der Waals surface area contributed by atoms with Crippen molar-refractivity contribution in [2.75, 3.05) is 6.54 Å². The minimum absolute atomic E-state index is 0.447. The second kappa shape index (κ2) is 8.38. The summed E-state index contributed by atoms with van der Waals surface area (Å²) in [7, 11) is 0. The maximum absolute atomic E-state index is 6.64. The molecule has 0 amide bonds. The highest BCUT2D eigenvalue weighted by Crippen LogP contribution is 2.37. The topological polar surface area (TPSA) is 35.2 Å². The van der Waals surface area contributed by atoms with Gasteiger partial charge in [0.05, 0.1) is 12.2 Å². The maximum Gasteiger partial charge on any atom is 0.0621 e. The Morgan fingerprint density at radius 1 is 0.950 bits per heavy atom. The molecule has 5 unspecified atom stereocenters. The van der Waals surface area contributed by atoms with Crippen LogP contribution in [-0.4, -0.2) is 18.8 Å². The predicted octanol–water partition coefficient (Wildman–Crippen LogP) is 4.52. The molecule has 2 fully saturated rings. The fourth-order valence-corrected chi connectivity index (χ4v) is 4.43. The SMILES string of the molecule is CCCC1CCC(CN)C(OC2CCCCC2CC)C1. The van der Waals surface area contributed by atoms with Crippen molar-refractivity contribution < 1.29 is 4.74 Å². The molecule has 2 aliphatic carbocycles. The molecule has 2 N–H and O–H groups in total. The standard InChI is InChI=1S/C18H35NO/c1-3-7-14-10-11-16(13-19)18(12-14)20-17-9-6-5-8-15(17)4-2/h14-18H,3-13,19H2,1-2H3. The summed E-state index contributed by atoms with van der Waals surface area (Å²) in [6.45, 7) is 5.44. The number of ether oxygens (including phenoxy) is 1. The number of hydrogen-bond donors (Lipinski definition) is 1. The number of nitrogens with two attached hydrogens (primary N) is 1. The van der Waals surface area contributed by atoms with Crippen LogP contribution in [0, 0.1) is 17.8 Å². The molecule has 5 atom stereocenters. The van der Waals surface area contributed by atoms with Gasteiger partial charge in [-0.3, -0.25) is 0 Å². The summed E-state index contributed by atoms with van der Waals surface area (Å²) in [5.41, 5.74) is 6.01. The first-order chi connectivity index (χ1) is 9.78. The van der Waals surface area contributed by atoms with Gasteiger partial charge in [0.15, 0.2) is 0 Å². The largest absolute Gasteiger partial charge is 0.374 e. The van der Waals surface area contributed by atoms with E-state index in [1.165, 1.54) is 64.2 Å². The summed E-state index contributed by atoms with van der Waals surface area (Å²) >= 11 is 0. The van der Waals surface area contributed by atoms with Crippen molar-refractivity contribution >= 4 is 0 Å². The molecule has 0 radical (unpaired) electrons. The summed E-state index contributed by atoms with van der Waals surface area (Å²) in [5, 5.41) is 0. The Labute approximate surface area is 125 Å². The van der Waals surface area contributed by atoms with Crippen LogP contribution in [0.4, 0.5) is 0 Å². The van der Waals surface area contributed by atoms with Gasteiger partial charge in [0.25, 0.3) is 0 Å². The Morgan fingerprint density at radius 2 is 1.75 bits per heavy atom. The third-order valence-corrected chi connectivity index (χ3v) is 5.75. The first-order valence-corrected chi connectivity index (χ1v) is 9.13. The van der Waals surface area contributed by atoms with Gasteiger partial charge in [-0.1, -0.05) is 46.0 Å². The first-order valence-electron chi connectivity index (χ1n) is 9.13. The zero-order chi connectivity index (χ0) is 14.4. The van der Waals surface area contributed by atoms with E-state index in [1.807, 2.05) is 0 Å². The van der Waals surface area contributed by atoms with Crippen molar-refractivity contribution in [2.24, 2.45) is 23.5 Å². The molecule has 20 heavy (non-hydrogen) atoms. The summed E-state index contributed by atoms with van der Waals surface area (Å²) < 4.78 is 6.64. The molecule has 2 nitrogen and oxygen atoms in total. The summed E-state index contributed by atoms with van der Waals surface area (Å²) in [6.07, 6.45) is 14.3. The van der Waals surface area contributed by atoms with Gasteiger partial charge in [-0.2, -0.15) is 0 Å². The van der Waals surface area contributed by atoms with Crippen LogP contribution in [0.3, 0.4) is 0 Å². The highest BCUT2D eigenvalue weighted by molar-refractivity contribution is 4.84. The van der Waals surface area contributed by atoms with Crippen LogP contribution in [0.25, 0.3) is 0 Å². The third-order valence-electron chi connectivity index (χ3n) is 5.75. The molecule has 0 saturated heterocycles. The van der Waals surface area contributed by atoms with Gasteiger partial charge in [0, 0.05) is 0 Å². The summed E-state index contributed by atoms with van der Waals surface area (Å²) in [4.78, 5) is 0. The summed E-state index contributed by atoms with van der Waals surface area (Å²) in [6, 6.07) is 0. The Kier molecular flexibility index (Phi) is 6.83. The zero-order valence-electron chi connectivity index (χ0n) is 13.7. The zero-order valence-corrected chi connectivity index (χ0v) is 13.7. The van der Waals surface area contributed by atoms with Gasteiger partial charge in [-0.05, 0) is 56.4 Å². The molecular weight excluding hydrogens is 246 g/mol. The molecule has 2 aliphatic rings. The quantitative estimate of drug-likeness (QED) is 0.777. The minimum Gasteiger partial charge on any atom is -0.374 e. The smallest absolute Gasteiger partial charge is 0.0621 e. The highest BCUT2D eigenvalue weighted by atomic mass is 16.5. The van der Waals surface area contributed by atoms with Gasteiger partial charge < -0.3 is 10.5 Å². The van der Waals surface area contributed by atoms with Crippen LogP contribution < -0.4 is 5.73 Å². The van der Waals surface area contributed by atoms with Crippen LogP contribution in [0.5, 0.6) is 0 Å². The van der Waals surface area contributed by atoms with E-state index in [-0.39, 0.29) is 0 Å². The first kappa shape index (κ1) is 16.3. The Bertz CT molecular complexity index is 268. The molecule has 0 heterocycles. The van der Waals surface area contributed by atoms with E-state index in [2.05, 4.69) is 13.8 Å². The van der Waals surface area contributed by atoms with Crippen LogP contribution in [0.2, 0.25) is 0 Å². The number of hydrogen-bond acceptors (Lipinski definition) is 2. The van der Waals surface area contributed by atoms with E-state index in [9.17, 15) is 0 Å². The van der Waals surface area contributed by atoms with Gasteiger partial charge >= 0.3 is 0 Å². The third kappa shape index (κ3) is 4.21. The fourth-order valence-electron chi connectivity index (χ4n) is 4.43.